The first-order chi connectivity index (χ1) is 16.5. The molecule has 2 aliphatic rings. The Morgan fingerprint density at radius 3 is 2.26 bits per heavy atom. The molecule has 0 heterocycles. The topological polar surface area (TPSA) is 114 Å². The molecule has 0 bridgehead atoms. The molecule has 1 fully saturated rings. The minimum absolute atomic E-state index is 0.0141. The number of carboxylic acid groups (broad SMARTS) is 1. The van der Waals surface area contributed by atoms with Gasteiger partial charge in [0.05, 0.1) is 0 Å². The highest BCUT2D eigenvalue weighted by Crippen LogP contribution is 2.44. The van der Waals surface area contributed by atoms with Gasteiger partial charge < -0.3 is 15.2 Å². The third-order valence-electron chi connectivity index (χ3n) is 6.78. The number of carbonyl (C=O) groups is 3. The quantitative estimate of drug-likeness (QED) is 0.509. The van der Waals surface area contributed by atoms with Gasteiger partial charge in [0.1, 0.15) is 6.61 Å². The van der Waals surface area contributed by atoms with Crippen LogP contribution in [0.2, 0.25) is 0 Å². The molecule has 180 valence electrons. The molecule has 3 N–H and O–H groups in total. The molecule has 2 aromatic carbocycles. The second kappa shape index (κ2) is 10.7. The van der Waals surface area contributed by atoms with Gasteiger partial charge in [-0.05, 0) is 47.9 Å². The molecule has 8 nitrogen and oxygen atoms in total. The summed E-state index contributed by atoms with van der Waals surface area (Å²) in [6, 6.07) is 16.3. The molecule has 2 aliphatic carbocycles. The fraction of sp³-hybridized carbons (Fsp3) is 0.423. The van der Waals surface area contributed by atoms with E-state index >= 15 is 0 Å². The first kappa shape index (κ1) is 23.8. The van der Waals surface area contributed by atoms with Gasteiger partial charge in [-0.25, -0.2) is 15.1 Å². The van der Waals surface area contributed by atoms with Crippen LogP contribution >= 0.6 is 0 Å². The Bertz CT molecular complexity index is 1010. The summed E-state index contributed by atoms with van der Waals surface area (Å²) in [5, 5.41) is 11.7. The molecule has 3 atom stereocenters. The molecule has 0 aliphatic heterocycles. The van der Waals surface area contributed by atoms with E-state index in [2.05, 4.69) is 35.1 Å². The maximum absolute atomic E-state index is 12.5. The number of benzene rings is 2. The number of rotatable bonds is 8. The van der Waals surface area contributed by atoms with Crippen molar-refractivity contribution in [2.75, 3.05) is 13.2 Å². The number of fused-ring (bicyclic) bond motifs is 3. The Hall–Kier alpha value is -3.39. The van der Waals surface area contributed by atoms with Crippen LogP contribution in [0, 0.1) is 11.8 Å². The van der Waals surface area contributed by atoms with Crippen LogP contribution in [0.4, 0.5) is 4.79 Å². The van der Waals surface area contributed by atoms with Crippen molar-refractivity contribution in [3.05, 3.63) is 59.7 Å². The highest BCUT2D eigenvalue weighted by molar-refractivity contribution is 5.80. The van der Waals surface area contributed by atoms with Crippen molar-refractivity contribution in [2.45, 2.75) is 44.6 Å². The van der Waals surface area contributed by atoms with Crippen molar-refractivity contribution in [2.24, 2.45) is 11.8 Å². The van der Waals surface area contributed by atoms with Crippen molar-refractivity contribution < 1.29 is 29.1 Å². The number of ether oxygens (including phenoxy) is 1. The number of carbonyl (C=O) groups excluding carboxylic acids is 2. The number of hydrogen-bond donors (Lipinski definition) is 3. The minimum Gasteiger partial charge on any atom is -0.479 e. The molecule has 2 aromatic rings. The summed E-state index contributed by atoms with van der Waals surface area (Å²) >= 11 is 0. The number of aliphatic carboxylic acids is 1. The van der Waals surface area contributed by atoms with Crippen LogP contribution < -0.4 is 10.8 Å². The Labute approximate surface area is 198 Å². The number of carboxylic acids is 1. The van der Waals surface area contributed by atoms with Crippen LogP contribution in [0.15, 0.2) is 48.5 Å². The van der Waals surface area contributed by atoms with E-state index in [1.807, 2.05) is 24.3 Å². The summed E-state index contributed by atoms with van der Waals surface area (Å²) in [5.41, 5.74) is 6.90. The highest BCUT2D eigenvalue weighted by atomic mass is 16.7. The summed E-state index contributed by atoms with van der Waals surface area (Å²) in [5.74, 6) is -1.95. The zero-order valence-electron chi connectivity index (χ0n) is 19.2. The van der Waals surface area contributed by atoms with Gasteiger partial charge >= 0.3 is 12.1 Å². The normalized spacial score (nSPS) is 20.0. The molecular weight excluding hydrogens is 436 g/mol. The lowest BCUT2D eigenvalue weighted by atomic mass is 9.79. The molecular formula is C26H30N2O6. The molecule has 4 rings (SSSR count). The van der Waals surface area contributed by atoms with E-state index in [0.29, 0.717) is 13.0 Å². The zero-order chi connectivity index (χ0) is 24.1. The predicted molar refractivity (Wildman–Crippen MR) is 125 cm³/mol. The van der Waals surface area contributed by atoms with Crippen molar-refractivity contribution in [3.8, 4) is 11.1 Å². The third-order valence-corrected chi connectivity index (χ3v) is 6.78. The molecule has 0 spiro atoms. The molecule has 1 saturated carbocycles. The molecule has 0 saturated heterocycles. The number of nitrogens with one attached hydrogen (secondary N) is 2. The maximum Gasteiger partial charge on any atom is 0.407 e. The SMILES string of the molecule is CC(ONC(=O)C1CCCCC1CNC(=O)OCC1c2ccccc2-c2ccccc21)C(=O)O. The molecule has 3 unspecified atom stereocenters. The lowest BCUT2D eigenvalue weighted by Crippen LogP contribution is -2.43. The van der Waals surface area contributed by atoms with Crippen LogP contribution in [-0.4, -0.2) is 42.3 Å². The smallest absolute Gasteiger partial charge is 0.407 e. The van der Waals surface area contributed by atoms with Crippen LogP contribution in [0.25, 0.3) is 11.1 Å². The summed E-state index contributed by atoms with van der Waals surface area (Å²) in [4.78, 5) is 40.9. The summed E-state index contributed by atoms with van der Waals surface area (Å²) in [6.07, 6.45) is 1.66. The van der Waals surface area contributed by atoms with Gasteiger partial charge in [-0.15, -0.1) is 0 Å². The van der Waals surface area contributed by atoms with Gasteiger partial charge in [0.2, 0.25) is 5.91 Å². The average molecular weight is 467 g/mol. The second-order valence-corrected chi connectivity index (χ2v) is 8.92. The number of amides is 2. The number of alkyl carbamates (subject to hydrolysis) is 1. The van der Waals surface area contributed by atoms with E-state index in [1.54, 1.807) is 0 Å². The summed E-state index contributed by atoms with van der Waals surface area (Å²) in [6.45, 7) is 1.89. The highest BCUT2D eigenvalue weighted by Gasteiger charge is 2.33. The summed E-state index contributed by atoms with van der Waals surface area (Å²) < 4.78 is 5.59. The summed E-state index contributed by atoms with van der Waals surface area (Å²) in [7, 11) is 0. The van der Waals surface area contributed by atoms with Crippen molar-refractivity contribution in [1.29, 1.82) is 0 Å². The van der Waals surface area contributed by atoms with Gasteiger partial charge in [-0.3, -0.25) is 9.63 Å². The predicted octanol–water partition coefficient (Wildman–Crippen LogP) is 3.85. The number of hydroxylamine groups is 1. The van der Waals surface area contributed by atoms with E-state index < -0.39 is 18.2 Å². The Morgan fingerprint density at radius 1 is 1.00 bits per heavy atom. The second-order valence-electron chi connectivity index (χ2n) is 8.92. The first-order valence-electron chi connectivity index (χ1n) is 11.7. The van der Waals surface area contributed by atoms with E-state index in [0.717, 1.165) is 30.4 Å². The minimum atomic E-state index is -1.16. The Morgan fingerprint density at radius 2 is 1.62 bits per heavy atom. The van der Waals surface area contributed by atoms with Crippen molar-refractivity contribution in [3.63, 3.8) is 0 Å². The van der Waals surface area contributed by atoms with Crippen LogP contribution in [0.3, 0.4) is 0 Å². The van der Waals surface area contributed by atoms with E-state index in [4.69, 9.17) is 14.7 Å². The lowest BCUT2D eigenvalue weighted by molar-refractivity contribution is -0.161. The van der Waals surface area contributed by atoms with Gasteiger partial charge in [0.15, 0.2) is 6.10 Å². The molecule has 0 aromatic heterocycles. The lowest BCUT2D eigenvalue weighted by Gasteiger charge is -2.30. The van der Waals surface area contributed by atoms with Crippen LogP contribution in [0.5, 0.6) is 0 Å². The fourth-order valence-corrected chi connectivity index (χ4v) is 4.93. The van der Waals surface area contributed by atoms with Gasteiger partial charge in [0.25, 0.3) is 0 Å². The van der Waals surface area contributed by atoms with E-state index in [9.17, 15) is 14.4 Å². The van der Waals surface area contributed by atoms with Crippen molar-refractivity contribution >= 4 is 18.0 Å². The zero-order valence-corrected chi connectivity index (χ0v) is 19.2. The molecule has 34 heavy (non-hydrogen) atoms. The van der Waals surface area contributed by atoms with Gasteiger partial charge in [-0.2, -0.15) is 0 Å². The van der Waals surface area contributed by atoms with Gasteiger partial charge in [-0.1, -0.05) is 61.4 Å². The Balaban J connectivity index is 1.30. The Kier molecular flexibility index (Phi) is 7.47. The largest absolute Gasteiger partial charge is 0.479 e. The molecule has 0 radical (unpaired) electrons. The number of hydrogen-bond acceptors (Lipinski definition) is 5. The molecule has 8 heteroatoms. The van der Waals surface area contributed by atoms with E-state index in [-0.39, 0.29) is 30.3 Å². The fourth-order valence-electron chi connectivity index (χ4n) is 4.93. The maximum atomic E-state index is 12.5. The monoisotopic (exact) mass is 466 g/mol. The average Bonchev–Trinajstić information content (AvgIpc) is 3.18. The van der Waals surface area contributed by atoms with Crippen molar-refractivity contribution in [1.82, 2.24) is 10.8 Å². The first-order valence-corrected chi connectivity index (χ1v) is 11.7. The van der Waals surface area contributed by atoms with Crippen LogP contribution in [-0.2, 0) is 19.2 Å². The third kappa shape index (κ3) is 5.22. The standard InChI is InChI=1S/C26H30N2O6/c1-16(25(30)31)34-28-24(29)18-9-3-2-8-17(18)14-27-26(32)33-15-23-21-12-6-4-10-19(21)20-11-5-7-13-22(20)23/h4-7,10-13,16-18,23H,2-3,8-9,14-15H2,1H3,(H,27,32)(H,28,29)(H,30,31). The molecule has 2 amide bonds. The van der Waals surface area contributed by atoms with Crippen LogP contribution in [0.1, 0.15) is 49.7 Å². The van der Waals surface area contributed by atoms with E-state index in [1.165, 1.54) is 18.1 Å². The van der Waals surface area contributed by atoms with Gasteiger partial charge in [0, 0.05) is 18.4 Å².